The van der Waals surface area contributed by atoms with E-state index in [4.69, 9.17) is 11.6 Å². The molecule has 1 fully saturated rings. The molecular weight excluding hydrogens is 316 g/mol. The molecule has 0 unspecified atom stereocenters. The zero-order valence-corrected chi connectivity index (χ0v) is 13.4. The molecule has 3 rings (SSSR count). The van der Waals surface area contributed by atoms with Crippen LogP contribution in [0.25, 0.3) is 6.08 Å². The first-order valence-corrected chi connectivity index (χ1v) is 7.92. The number of nitrogens with zero attached hydrogens (tertiary/aromatic N) is 1. The van der Waals surface area contributed by atoms with Crippen LogP contribution in [0.4, 0.5) is 5.69 Å². The topological polar surface area (TPSA) is 41.5 Å². The summed E-state index contributed by atoms with van der Waals surface area (Å²) < 4.78 is 0. The summed E-state index contributed by atoms with van der Waals surface area (Å²) in [5, 5.41) is 3.99. The molecule has 0 spiro atoms. The number of carbonyl (C=O) groups is 1. The zero-order chi connectivity index (χ0) is 15.5. The number of hydrogen-bond donors (Lipinski definition) is 1. The van der Waals surface area contributed by atoms with Crippen LogP contribution in [-0.4, -0.2) is 11.1 Å². The van der Waals surface area contributed by atoms with E-state index in [1.807, 2.05) is 55.5 Å². The lowest BCUT2D eigenvalue weighted by Crippen LogP contribution is -2.19. The van der Waals surface area contributed by atoms with Gasteiger partial charge in [0.2, 0.25) is 0 Å². The van der Waals surface area contributed by atoms with Crippen molar-refractivity contribution in [2.45, 2.75) is 6.92 Å². The summed E-state index contributed by atoms with van der Waals surface area (Å²) in [4.78, 5) is 17.0. The number of nitrogens with one attached hydrogen (secondary N) is 1. The third kappa shape index (κ3) is 3.40. The Kier molecular flexibility index (Phi) is 4.32. The molecule has 0 aliphatic carbocycles. The molecule has 1 heterocycles. The highest BCUT2D eigenvalue weighted by atomic mass is 35.5. The SMILES string of the molecule is Cc1ccc(N=C2NC(=O)/C(=C/c3ccccc3)S2)cc1Cl. The molecule has 0 aromatic heterocycles. The highest BCUT2D eigenvalue weighted by Gasteiger charge is 2.23. The number of halogens is 1. The number of benzene rings is 2. The van der Waals surface area contributed by atoms with Crippen molar-refractivity contribution in [1.82, 2.24) is 5.32 Å². The average Bonchev–Trinajstić information content (AvgIpc) is 2.84. The van der Waals surface area contributed by atoms with Crippen molar-refractivity contribution in [2.75, 3.05) is 0 Å². The van der Waals surface area contributed by atoms with Gasteiger partial charge in [-0.3, -0.25) is 4.79 Å². The molecule has 2 aromatic rings. The molecule has 110 valence electrons. The third-order valence-corrected chi connectivity index (χ3v) is 4.45. The van der Waals surface area contributed by atoms with Gasteiger partial charge in [0, 0.05) is 5.02 Å². The Labute approximate surface area is 138 Å². The molecule has 0 atom stereocenters. The van der Waals surface area contributed by atoms with E-state index in [2.05, 4.69) is 10.3 Å². The van der Waals surface area contributed by atoms with Crippen molar-refractivity contribution in [3.63, 3.8) is 0 Å². The maximum Gasteiger partial charge on any atom is 0.264 e. The summed E-state index contributed by atoms with van der Waals surface area (Å²) in [7, 11) is 0. The largest absolute Gasteiger partial charge is 0.300 e. The first kappa shape index (κ1) is 14.9. The molecule has 22 heavy (non-hydrogen) atoms. The van der Waals surface area contributed by atoms with Gasteiger partial charge in [-0.05, 0) is 48.0 Å². The number of carbonyl (C=O) groups excluding carboxylic acids is 1. The first-order chi connectivity index (χ1) is 10.6. The number of amides is 1. The second kappa shape index (κ2) is 6.38. The van der Waals surface area contributed by atoms with Crippen LogP contribution < -0.4 is 5.32 Å². The Morgan fingerprint density at radius 2 is 1.95 bits per heavy atom. The Hall–Kier alpha value is -2.04. The van der Waals surface area contributed by atoms with E-state index in [1.54, 1.807) is 6.07 Å². The second-order valence-electron chi connectivity index (χ2n) is 4.83. The molecule has 5 heteroatoms. The third-order valence-electron chi connectivity index (χ3n) is 3.13. The number of aliphatic imine (C=N–C) groups is 1. The van der Waals surface area contributed by atoms with Gasteiger partial charge in [0.25, 0.3) is 5.91 Å². The van der Waals surface area contributed by atoms with Gasteiger partial charge in [-0.2, -0.15) is 0 Å². The van der Waals surface area contributed by atoms with Gasteiger partial charge in [0.15, 0.2) is 5.17 Å². The lowest BCUT2D eigenvalue weighted by atomic mass is 10.2. The van der Waals surface area contributed by atoms with Gasteiger partial charge in [-0.25, -0.2) is 4.99 Å². The molecule has 1 N–H and O–H groups in total. The van der Waals surface area contributed by atoms with Gasteiger partial charge >= 0.3 is 0 Å². The quantitative estimate of drug-likeness (QED) is 0.822. The molecule has 3 nitrogen and oxygen atoms in total. The molecule has 0 radical (unpaired) electrons. The molecule has 1 saturated heterocycles. The van der Waals surface area contributed by atoms with E-state index >= 15 is 0 Å². The van der Waals surface area contributed by atoms with Gasteiger partial charge in [-0.15, -0.1) is 0 Å². The number of amidine groups is 1. The van der Waals surface area contributed by atoms with Crippen LogP contribution >= 0.6 is 23.4 Å². The van der Waals surface area contributed by atoms with Crippen molar-refractivity contribution in [3.05, 3.63) is 69.6 Å². The lowest BCUT2D eigenvalue weighted by Gasteiger charge is -2.00. The molecule has 1 aliphatic heterocycles. The number of aryl methyl sites for hydroxylation is 1. The molecule has 1 amide bonds. The van der Waals surface area contributed by atoms with Gasteiger partial charge in [0.05, 0.1) is 10.6 Å². The monoisotopic (exact) mass is 328 g/mol. The van der Waals surface area contributed by atoms with Crippen molar-refractivity contribution >= 4 is 46.2 Å². The smallest absolute Gasteiger partial charge is 0.264 e. The Morgan fingerprint density at radius 1 is 1.18 bits per heavy atom. The minimum absolute atomic E-state index is 0.134. The number of thioether (sulfide) groups is 1. The van der Waals surface area contributed by atoms with E-state index in [9.17, 15) is 4.79 Å². The van der Waals surface area contributed by atoms with E-state index in [0.29, 0.717) is 15.1 Å². The zero-order valence-electron chi connectivity index (χ0n) is 11.8. The highest BCUT2D eigenvalue weighted by Crippen LogP contribution is 2.29. The fraction of sp³-hybridized carbons (Fsp3) is 0.0588. The van der Waals surface area contributed by atoms with Crippen LogP contribution in [0.15, 0.2) is 58.4 Å². The summed E-state index contributed by atoms with van der Waals surface area (Å²) in [5.41, 5.74) is 2.71. The molecule has 2 aromatic carbocycles. The van der Waals surface area contributed by atoms with Crippen molar-refractivity contribution < 1.29 is 4.79 Å². The van der Waals surface area contributed by atoms with Crippen molar-refractivity contribution in [1.29, 1.82) is 0 Å². The average molecular weight is 329 g/mol. The Balaban J connectivity index is 1.83. The molecular formula is C17H13ClN2OS. The van der Waals surface area contributed by atoms with Crippen LogP contribution in [0, 0.1) is 6.92 Å². The van der Waals surface area contributed by atoms with Crippen LogP contribution in [0.5, 0.6) is 0 Å². The van der Waals surface area contributed by atoms with Crippen LogP contribution in [0.3, 0.4) is 0 Å². The van der Waals surface area contributed by atoms with Gasteiger partial charge < -0.3 is 5.32 Å². The minimum Gasteiger partial charge on any atom is -0.300 e. The summed E-state index contributed by atoms with van der Waals surface area (Å²) in [6.07, 6.45) is 1.85. The standard InChI is InChI=1S/C17H13ClN2OS/c1-11-7-8-13(10-14(11)18)19-17-20-16(21)15(22-17)9-12-5-3-2-4-6-12/h2-10H,1H3,(H,19,20,21)/b15-9-. The number of hydrogen-bond acceptors (Lipinski definition) is 3. The summed E-state index contributed by atoms with van der Waals surface area (Å²) >= 11 is 7.42. The van der Waals surface area contributed by atoms with Crippen LogP contribution in [0.2, 0.25) is 5.02 Å². The highest BCUT2D eigenvalue weighted by molar-refractivity contribution is 8.18. The summed E-state index contributed by atoms with van der Waals surface area (Å²) in [5.74, 6) is -0.134. The maximum atomic E-state index is 12.0. The lowest BCUT2D eigenvalue weighted by molar-refractivity contribution is -0.115. The summed E-state index contributed by atoms with van der Waals surface area (Å²) in [6.45, 7) is 1.94. The van der Waals surface area contributed by atoms with E-state index in [-0.39, 0.29) is 5.91 Å². The van der Waals surface area contributed by atoms with Gasteiger partial charge in [-0.1, -0.05) is 48.0 Å². The predicted octanol–water partition coefficient (Wildman–Crippen LogP) is 4.54. The Morgan fingerprint density at radius 3 is 2.68 bits per heavy atom. The number of rotatable bonds is 2. The normalized spacial score (nSPS) is 18.0. The fourth-order valence-corrected chi connectivity index (χ4v) is 2.97. The van der Waals surface area contributed by atoms with Crippen LogP contribution in [0.1, 0.15) is 11.1 Å². The molecule has 0 saturated carbocycles. The fourth-order valence-electron chi connectivity index (χ4n) is 1.95. The predicted molar refractivity (Wildman–Crippen MR) is 93.4 cm³/mol. The molecule has 0 bridgehead atoms. The van der Waals surface area contributed by atoms with E-state index in [0.717, 1.165) is 16.8 Å². The van der Waals surface area contributed by atoms with E-state index in [1.165, 1.54) is 11.8 Å². The maximum absolute atomic E-state index is 12.0. The van der Waals surface area contributed by atoms with Crippen molar-refractivity contribution in [3.8, 4) is 0 Å². The summed E-state index contributed by atoms with van der Waals surface area (Å²) in [6, 6.07) is 15.3. The minimum atomic E-state index is -0.134. The molecule has 1 aliphatic rings. The second-order valence-corrected chi connectivity index (χ2v) is 6.26. The van der Waals surface area contributed by atoms with Crippen LogP contribution in [-0.2, 0) is 4.79 Å². The van der Waals surface area contributed by atoms with E-state index < -0.39 is 0 Å². The van der Waals surface area contributed by atoms with Crippen molar-refractivity contribution in [2.24, 2.45) is 4.99 Å². The first-order valence-electron chi connectivity index (χ1n) is 6.72. The van der Waals surface area contributed by atoms with Gasteiger partial charge in [0.1, 0.15) is 0 Å². The Bertz CT molecular complexity index is 785.